The number of morpholine rings is 1. The Morgan fingerprint density at radius 1 is 1.36 bits per heavy atom. The van der Waals surface area contributed by atoms with Gasteiger partial charge in [-0.05, 0) is 31.3 Å². The molecule has 1 aromatic carbocycles. The molecule has 1 saturated heterocycles. The maximum atomic E-state index is 12.5. The van der Waals surface area contributed by atoms with Crippen molar-refractivity contribution in [3.8, 4) is 5.75 Å². The van der Waals surface area contributed by atoms with Gasteiger partial charge in [-0.1, -0.05) is 12.1 Å². The van der Waals surface area contributed by atoms with Gasteiger partial charge < -0.3 is 14.8 Å². The van der Waals surface area contributed by atoms with E-state index >= 15 is 0 Å². The highest BCUT2D eigenvalue weighted by atomic mass is 32.1. The molecule has 0 atom stereocenters. The summed E-state index contributed by atoms with van der Waals surface area (Å²) < 4.78 is 34.7. The Hall–Kier alpha value is -1.84. The standard InChI is InChI=1S/C16H22F2N4O2S/c1-12(13-4-2-3-5-14(13)24-15(17)18)20-21-16(25)19-6-7-22-8-10-23-11-9-22/h2-5,15H,6-11H2,1H3,(H2,19,21,25)/b20-12-. The predicted octanol–water partition coefficient (Wildman–Crippen LogP) is 1.81. The molecule has 1 aliphatic heterocycles. The number of rotatable bonds is 7. The molecule has 2 N–H and O–H groups in total. The molecule has 0 unspecified atom stereocenters. The molecule has 9 heteroatoms. The van der Waals surface area contributed by atoms with Gasteiger partial charge >= 0.3 is 6.61 Å². The van der Waals surface area contributed by atoms with Crippen LogP contribution in [0.3, 0.4) is 0 Å². The maximum Gasteiger partial charge on any atom is 0.387 e. The molecule has 1 fully saturated rings. The van der Waals surface area contributed by atoms with E-state index in [9.17, 15) is 8.78 Å². The molecule has 0 saturated carbocycles. The van der Waals surface area contributed by atoms with E-state index in [1.165, 1.54) is 6.07 Å². The zero-order chi connectivity index (χ0) is 18.1. The molecule has 25 heavy (non-hydrogen) atoms. The number of nitrogens with one attached hydrogen (secondary N) is 2. The van der Waals surface area contributed by atoms with E-state index in [0.717, 1.165) is 32.8 Å². The number of hydrogen-bond acceptors (Lipinski definition) is 5. The van der Waals surface area contributed by atoms with E-state index in [1.807, 2.05) is 0 Å². The number of hydrazone groups is 1. The molecule has 2 rings (SSSR count). The van der Waals surface area contributed by atoms with Crippen molar-refractivity contribution >= 4 is 23.0 Å². The summed E-state index contributed by atoms with van der Waals surface area (Å²) in [6, 6.07) is 6.48. The van der Waals surface area contributed by atoms with Crippen LogP contribution < -0.4 is 15.5 Å². The van der Waals surface area contributed by atoms with Crippen LogP contribution in [0.4, 0.5) is 8.78 Å². The van der Waals surface area contributed by atoms with Crippen LogP contribution in [-0.4, -0.2) is 61.7 Å². The summed E-state index contributed by atoms with van der Waals surface area (Å²) in [4.78, 5) is 2.28. The number of hydrogen-bond donors (Lipinski definition) is 2. The van der Waals surface area contributed by atoms with Gasteiger partial charge in [0, 0.05) is 31.7 Å². The fraction of sp³-hybridized carbons (Fsp3) is 0.500. The molecule has 0 aromatic heterocycles. The van der Waals surface area contributed by atoms with Crippen molar-refractivity contribution in [1.82, 2.24) is 15.6 Å². The highest BCUT2D eigenvalue weighted by Crippen LogP contribution is 2.20. The Morgan fingerprint density at radius 3 is 2.80 bits per heavy atom. The van der Waals surface area contributed by atoms with Crippen molar-refractivity contribution in [3.63, 3.8) is 0 Å². The van der Waals surface area contributed by atoms with Crippen molar-refractivity contribution in [2.75, 3.05) is 39.4 Å². The highest BCUT2D eigenvalue weighted by molar-refractivity contribution is 7.80. The normalized spacial score (nSPS) is 15.9. The summed E-state index contributed by atoms with van der Waals surface area (Å²) >= 11 is 5.17. The topological polar surface area (TPSA) is 58.1 Å². The lowest BCUT2D eigenvalue weighted by Gasteiger charge is -2.26. The first-order chi connectivity index (χ1) is 12.1. The SMILES string of the molecule is C/C(=N/NC(=S)NCCN1CCOCC1)c1ccccc1OC(F)F. The third kappa shape index (κ3) is 6.89. The number of alkyl halides is 2. The molecule has 1 heterocycles. The zero-order valence-electron chi connectivity index (χ0n) is 14.0. The molecule has 138 valence electrons. The van der Waals surface area contributed by atoms with Crippen molar-refractivity contribution in [2.45, 2.75) is 13.5 Å². The molecule has 6 nitrogen and oxygen atoms in total. The van der Waals surface area contributed by atoms with Crippen molar-refractivity contribution in [2.24, 2.45) is 5.10 Å². The van der Waals surface area contributed by atoms with E-state index in [2.05, 4.69) is 25.5 Å². The Kier molecular flexibility index (Phi) is 7.96. The number of benzene rings is 1. The quantitative estimate of drug-likeness (QED) is 0.433. The molecule has 0 bridgehead atoms. The lowest BCUT2D eigenvalue weighted by molar-refractivity contribution is -0.0499. The summed E-state index contributed by atoms with van der Waals surface area (Å²) in [5, 5.41) is 7.57. The Balaban J connectivity index is 1.80. The van der Waals surface area contributed by atoms with Crippen LogP contribution in [0.1, 0.15) is 12.5 Å². The van der Waals surface area contributed by atoms with Gasteiger partial charge in [0.15, 0.2) is 5.11 Å². The third-order valence-electron chi connectivity index (χ3n) is 3.64. The Labute approximate surface area is 151 Å². The molecule has 1 aliphatic rings. The average molecular weight is 372 g/mol. The molecular formula is C16H22F2N4O2S. The van der Waals surface area contributed by atoms with E-state index in [-0.39, 0.29) is 5.75 Å². The first-order valence-electron chi connectivity index (χ1n) is 7.98. The number of para-hydroxylation sites is 1. The lowest BCUT2D eigenvalue weighted by atomic mass is 10.1. The van der Waals surface area contributed by atoms with E-state index in [0.29, 0.717) is 22.9 Å². The fourth-order valence-electron chi connectivity index (χ4n) is 2.35. The van der Waals surface area contributed by atoms with Crippen LogP contribution in [0.15, 0.2) is 29.4 Å². The van der Waals surface area contributed by atoms with Crippen molar-refractivity contribution < 1.29 is 18.3 Å². The molecule has 1 aromatic rings. The van der Waals surface area contributed by atoms with Gasteiger partial charge in [0.2, 0.25) is 0 Å². The second kappa shape index (κ2) is 10.2. The van der Waals surface area contributed by atoms with Crippen LogP contribution in [0.25, 0.3) is 0 Å². The molecular weight excluding hydrogens is 350 g/mol. The minimum absolute atomic E-state index is 0.0757. The average Bonchev–Trinajstić information content (AvgIpc) is 2.60. The van der Waals surface area contributed by atoms with Crippen molar-refractivity contribution in [1.29, 1.82) is 0 Å². The van der Waals surface area contributed by atoms with Gasteiger partial charge in [-0.15, -0.1) is 0 Å². The number of thiocarbonyl (C=S) groups is 1. The fourth-order valence-corrected chi connectivity index (χ4v) is 2.50. The summed E-state index contributed by atoms with van der Waals surface area (Å²) in [5.41, 5.74) is 3.69. The number of halogens is 2. The third-order valence-corrected chi connectivity index (χ3v) is 3.87. The smallest absolute Gasteiger partial charge is 0.387 e. The zero-order valence-corrected chi connectivity index (χ0v) is 14.8. The molecule has 0 radical (unpaired) electrons. The number of ether oxygens (including phenoxy) is 2. The van der Waals surface area contributed by atoms with E-state index in [1.54, 1.807) is 25.1 Å². The number of nitrogens with zero attached hydrogens (tertiary/aromatic N) is 2. The van der Waals surface area contributed by atoms with Crippen LogP contribution in [0, 0.1) is 0 Å². The van der Waals surface area contributed by atoms with Gasteiger partial charge in [-0.25, -0.2) is 0 Å². The lowest BCUT2D eigenvalue weighted by Crippen LogP contribution is -2.42. The largest absolute Gasteiger partial charge is 0.434 e. The summed E-state index contributed by atoms with van der Waals surface area (Å²) in [7, 11) is 0. The summed E-state index contributed by atoms with van der Waals surface area (Å²) in [6.45, 7) is 3.70. The Bertz CT molecular complexity index is 595. The Morgan fingerprint density at radius 2 is 2.08 bits per heavy atom. The minimum Gasteiger partial charge on any atom is -0.434 e. The highest BCUT2D eigenvalue weighted by Gasteiger charge is 2.12. The summed E-state index contributed by atoms with van der Waals surface area (Å²) in [6.07, 6.45) is 0. The van der Waals surface area contributed by atoms with Gasteiger partial charge in [-0.3, -0.25) is 10.3 Å². The molecule has 0 amide bonds. The predicted molar refractivity (Wildman–Crippen MR) is 96.3 cm³/mol. The van der Waals surface area contributed by atoms with Gasteiger partial charge in [-0.2, -0.15) is 13.9 Å². The van der Waals surface area contributed by atoms with Crippen LogP contribution in [0.2, 0.25) is 0 Å². The van der Waals surface area contributed by atoms with Crippen LogP contribution >= 0.6 is 12.2 Å². The first kappa shape index (κ1) is 19.5. The second-order valence-electron chi connectivity index (χ2n) is 5.39. The van der Waals surface area contributed by atoms with Gasteiger partial charge in [0.05, 0.1) is 18.9 Å². The molecule has 0 spiro atoms. The van der Waals surface area contributed by atoms with Crippen LogP contribution in [-0.2, 0) is 4.74 Å². The van der Waals surface area contributed by atoms with E-state index in [4.69, 9.17) is 17.0 Å². The monoisotopic (exact) mass is 372 g/mol. The maximum absolute atomic E-state index is 12.5. The van der Waals surface area contributed by atoms with Crippen LogP contribution in [0.5, 0.6) is 5.75 Å². The first-order valence-corrected chi connectivity index (χ1v) is 8.39. The van der Waals surface area contributed by atoms with E-state index < -0.39 is 6.61 Å². The van der Waals surface area contributed by atoms with Crippen molar-refractivity contribution in [3.05, 3.63) is 29.8 Å². The minimum atomic E-state index is -2.88. The van der Waals surface area contributed by atoms with Gasteiger partial charge in [0.1, 0.15) is 5.75 Å². The molecule has 0 aliphatic carbocycles. The second-order valence-corrected chi connectivity index (χ2v) is 5.80. The van der Waals surface area contributed by atoms with Gasteiger partial charge in [0.25, 0.3) is 0 Å². The summed E-state index contributed by atoms with van der Waals surface area (Å²) in [5.74, 6) is 0.0757.